The Hall–Kier alpha value is -4.66. The van der Waals surface area contributed by atoms with Gasteiger partial charge in [0.15, 0.2) is 0 Å². The Kier molecular flexibility index (Phi) is 9.86. The maximum atomic E-state index is 13.7. The zero-order valence-corrected chi connectivity index (χ0v) is 26.2. The van der Waals surface area contributed by atoms with Crippen LogP contribution >= 0.6 is 0 Å². The molecule has 1 aromatic heterocycles. The lowest BCUT2D eigenvalue weighted by Gasteiger charge is -2.30. The van der Waals surface area contributed by atoms with Crippen molar-refractivity contribution in [2.75, 3.05) is 31.6 Å². The van der Waals surface area contributed by atoms with E-state index < -0.39 is 0 Å². The Morgan fingerprint density at radius 3 is 2.36 bits per heavy atom. The van der Waals surface area contributed by atoms with Crippen LogP contribution in [0.15, 0.2) is 65.1 Å². The van der Waals surface area contributed by atoms with E-state index in [-0.39, 0.29) is 35.6 Å². The number of nitrogens with one attached hydrogen (secondary N) is 2. The van der Waals surface area contributed by atoms with Gasteiger partial charge in [0.2, 0.25) is 0 Å². The summed E-state index contributed by atoms with van der Waals surface area (Å²) >= 11 is 0. The molecule has 0 unspecified atom stereocenters. The zero-order valence-electron chi connectivity index (χ0n) is 26.2. The van der Waals surface area contributed by atoms with Crippen molar-refractivity contribution in [2.24, 2.45) is 5.92 Å². The number of halogens is 1. The van der Waals surface area contributed by atoms with E-state index in [9.17, 15) is 18.8 Å². The summed E-state index contributed by atoms with van der Waals surface area (Å²) in [6.07, 6.45) is 3.27. The first kappa shape index (κ1) is 31.8. The number of nitrogens with zero attached hydrogens (tertiary/aromatic N) is 1. The first-order valence-electron chi connectivity index (χ1n) is 15.7. The summed E-state index contributed by atoms with van der Waals surface area (Å²) in [5, 5.41) is 6.42. The molecule has 0 radical (unpaired) electrons. The lowest BCUT2D eigenvalue weighted by molar-refractivity contribution is -0.150. The lowest BCUT2D eigenvalue weighted by Crippen LogP contribution is -2.45. The van der Waals surface area contributed by atoms with Crippen LogP contribution in [0.2, 0.25) is 0 Å². The maximum Gasteiger partial charge on any atom is 0.311 e. The van der Waals surface area contributed by atoms with E-state index >= 15 is 0 Å². The molecule has 5 rings (SSSR count). The van der Waals surface area contributed by atoms with Gasteiger partial charge in [-0.2, -0.15) is 0 Å². The Morgan fingerprint density at radius 1 is 0.933 bits per heavy atom. The first-order chi connectivity index (χ1) is 21.8. The van der Waals surface area contributed by atoms with E-state index in [0.717, 1.165) is 49.2 Å². The van der Waals surface area contributed by atoms with Gasteiger partial charge in [0, 0.05) is 60.0 Å². The van der Waals surface area contributed by atoms with Gasteiger partial charge in [0.25, 0.3) is 11.8 Å². The number of anilines is 1. The number of ether oxygens (including phenoxy) is 1. The fraction of sp³-hybridized carbons (Fsp3) is 0.361. The number of hydrogen-bond donors (Lipinski definition) is 2. The highest BCUT2D eigenvalue weighted by atomic mass is 19.1. The zero-order chi connectivity index (χ0) is 32.1. The van der Waals surface area contributed by atoms with E-state index in [1.165, 1.54) is 12.1 Å². The van der Waals surface area contributed by atoms with E-state index in [2.05, 4.69) is 29.4 Å². The number of esters is 1. The lowest BCUT2D eigenvalue weighted by atomic mass is 9.84. The highest BCUT2D eigenvalue weighted by molar-refractivity contribution is 6.13. The number of carbonyl (C=O) groups excluding carboxylic acids is 3. The van der Waals surface area contributed by atoms with Gasteiger partial charge in [-0.3, -0.25) is 14.4 Å². The summed E-state index contributed by atoms with van der Waals surface area (Å²) in [4.78, 5) is 41.6. The number of furan rings is 1. The van der Waals surface area contributed by atoms with Gasteiger partial charge in [-0.25, -0.2) is 4.39 Å². The molecule has 2 amide bonds. The molecule has 9 heteroatoms. The number of hydrogen-bond acceptors (Lipinski definition) is 6. The van der Waals surface area contributed by atoms with Crippen molar-refractivity contribution >= 4 is 34.4 Å². The van der Waals surface area contributed by atoms with Gasteiger partial charge in [-0.15, -0.1) is 0 Å². The highest BCUT2D eigenvalue weighted by Crippen LogP contribution is 2.41. The van der Waals surface area contributed by atoms with Crippen molar-refractivity contribution < 1.29 is 27.9 Å². The SMILES string of the molecule is CCOC(=O)[C@@H]1CCCC[C@@H]1NC(=O)c1cccc(-c2cc3c(C(=O)NC)c(-c4ccc(F)cc4)oc3cc2N(CC)CC)c1. The molecule has 2 N–H and O–H groups in total. The van der Waals surface area contributed by atoms with Crippen LogP contribution in [0, 0.1) is 11.7 Å². The minimum atomic E-state index is -0.383. The fourth-order valence-corrected chi connectivity index (χ4v) is 6.26. The van der Waals surface area contributed by atoms with Gasteiger partial charge >= 0.3 is 5.97 Å². The number of rotatable bonds is 10. The number of benzene rings is 3. The third kappa shape index (κ3) is 6.57. The van der Waals surface area contributed by atoms with Crippen LogP contribution in [-0.2, 0) is 9.53 Å². The van der Waals surface area contributed by atoms with Crippen molar-refractivity contribution in [1.29, 1.82) is 0 Å². The third-order valence-electron chi connectivity index (χ3n) is 8.58. The van der Waals surface area contributed by atoms with Gasteiger partial charge in [0.05, 0.1) is 18.1 Å². The Morgan fingerprint density at radius 2 is 1.67 bits per heavy atom. The predicted octanol–water partition coefficient (Wildman–Crippen LogP) is 6.96. The topological polar surface area (TPSA) is 101 Å². The van der Waals surface area contributed by atoms with Gasteiger partial charge in [0.1, 0.15) is 17.2 Å². The molecule has 45 heavy (non-hydrogen) atoms. The second-order valence-electron chi connectivity index (χ2n) is 11.2. The molecule has 1 aliphatic carbocycles. The van der Waals surface area contributed by atoms with Crippen LogP contribution in [0.1, 0.15) is 67.2 Å². The van der Waals surface area contributed by atoms with Crippen molar-refractivity contribution in [3.63, 3.8) is 0 Å². The molecule has 8 nitrogen and oxygen atoms in total. The van der Waals surface area contributed by atoms with Crippen LogP contribution in [0.3, 0.4) is 0 Å². The third-order valence-corrected chi connectivity index (χ3v) is 8.58. The predicted molar refractivity (Wildman–Crippen MR) is 174 cm³/mol. The molecule has 0 aliphatic heterocycles. The number of amides is 2. The fourth-order valence-electron chi connectivity index (χ4n) is 6.26. The summed E-state index contributed by atoms with van der Waals surface area (Å²) in [6.45, 7) is 7.66. The number of fused-ring (bicyclic) bond motifs is 1. The molecular formula is C36H40FN3O5. The molecular weight excluding hydrogens is 573 g/mol. The highest BCUT2D eigenvalue weighted by Gasteiger charge is 2.33. The molecule has 1 saturated carbocycles. The largest absolute Gasteiger partial charge is 0.466 e. The van der Waals surface area contributed by atoms with Crippen molar-refractivity contribution in [3.8, 4) is 22.5 Å². The molecule has 1 heterocycles. The molecule has 0 spiro atoms. The summed E-state index contributed by atoms with van der Waals surface area (Å²) in [7, 11) is 1.56. The summed E-state index contributed by atoms with van der Waals surface area (Å²) in [5.41, 5.74) is 4.45. The Labute approximate surface area is 262 Å². The number of carbonyl (C=O) groups is 3. The minimum absolute atomic E-state index is 0.253. The summed E-state index contributed by atoms with van der Waals surface area (Å²) < 4.78 is 25.3. The Bertz CT molecular complexity index is 1690. The van der Waals surface area contributed by atoms with E-state index in [0.29, 0.717) is 46.4 Å². The van der Waals surface area contributed by atoms with E-state index in [1.807, 2.05) is 30.3 Å². The first-order valence-corrected chi connectivity index (χ1v) is 15.7. The normalized spacial score (nSPS) is 16.3. The minimum Gasteiger partial charge on any atom is -0.466 e. The van der Waals surface area contributed by atoms with Gasteiger partial charge in [-0.05, 0) is 81.6 Å². The van der Waals surface area contributed by atoms with Crippen LogP contribution < -0.4 is 15.5 Å². The van der Waals surface area contributed by atoms with Crippen molar-refractivity contribution in [2.45, 2.75) is 52.5 Å². The average molecular weight is 614 g/mol. The molecule has 236 valence electrons. The molecule has 0 saturated heterocycles. The van der Waals surface area contributed by atoms with Crippen LogP contribution in [0.5, 0.6) is 0 Å². The van der Waals surface area contributed by atoms with Crippen molar-refractivity contribution in [1.82, 2.24) is 10.6 Å². The summed E-state index contributed by atoms with van der Waals surface area (Å²) in [6, 6.07) is 16.8. The Balaban J connectivity index is 1.59. The van der Waals surface area contributed by atoms with Crippen molar-refractivity contribution in [3.05, 3.63) is 77.6 Å². The van der Waals surface area contributed by atoms with Crippen LogP contribution in [-0.4, -0.2) is 50.6 Å². The van der Waals surface area contributed by atoms with Crippen LogP contribution in [0.25, 0.3) is 33.4 Å². The second kappa shape index (κ2) is 14.0. The molecule has 1 aliphatic rings. The van der Waals surface area contributed by atoms with Gasteiger partial charge < -0.3 is 24.7 Å². The molecule has 1 fully saturated rings. The molecule has 2 atom stereocenters. The standard InChI is InChI=1S/C36H40FN3O5/c1-5-40(6-2)30-21-31-28(32(35(42)38-4)33(45-31)22-15-17-25(37)18-16-22)20-27(30)23-11-10-12-24(19-23)34(41)39-29-14-9-8-13-26(29)36(43)44-7-3/h10-12,15-21,26,29H,5-9,13-14H2,1-4H3,(H,38,42)(H,39,41)/t26-,29+/m1/s1. The van der Waals surface area contributed by atoms with E-state index in [4.69, 9.17) is 9.15 Å². The van der Waals surface area contributed by atoms with Crippen LogP contribution in [0.4, 0.5) is 10.1 Å². The smallest absolute Gasteiger partial charge is 0.311 e. The molecule has 4 aromatic rings. The molecule has 0 bridgehead atoms. The van der Waals surface area contributed by atoms with E-state index in [1.54, 1.807) is 32.2 Å². The quantitative estimate of drug-likeness (QED) is 0.188. The second-order valence-corrected chi connectivity index (χ2v) is 11.2. The molecule has 3 aromatic carbocycles. The van der Waals surface area contributed by atoms with Gasteiger partial charge in [-0.1, -0.05) is 25.0 Å². The monoisotopic (exact) mass is 613 g/mol. The average Bonchev–Trinajstić information content (AvgIpc) is 3.43. The maximum absolute atomic E-state index is 13.7. The summed E-state index contributed by atoms with van der Waals surface area (Å²) in [5.74, 6) is -1.24.